The average molecular weight is 195 g/mol. The third kappa shape index (κ3) is 2.39. The number of ketones is 1. The first-order chi connectivity index (χ1) is 6.52. The van der Waals surface area contributed by atoms with E-state index in [2.05, 4.69) is 0 Å². The number of hydrogen-bond donors (Lipinski definition) is 0. The van der Waals surface area contributed by atoms with Gasteiger partial charge in [-0.2, -0.15) is 0 Å². The molecule has 0 amide bonds. The first kappa shape index (κ1) is 10.9. The molecule has 0 saturated carbocycles. The van der Waals surface area contributed by atoms with E-state index in [1.54, 1.807) is 12.1 Å². The standard InChI is InChI=1S/C11H14FNO/c1-8(14)11(13(2)3)9-4-6-10(12)7-5-9/h4-7,11H,1-3H3. The molecule has 0 fully saturated rings. The van der Waals surface area contributed by atoms with Crippen LogP contribution in [0.1, 0.15) is 18.5 Å². The van der Waals surface area contributed by atoms with Gasteiger partial charge in [0, 0.05) is 0 Å². The second-order valence-electron chi connectivity index (χ2n) is 3.53. The second kappa shape index (κ2) is 4.33. The van der Waals surface area contributed by atoms with Crippen LogP contribution >= 0.6 is 0 Å². The maximum atomic E-state index is 12.7. The van der Waals surface area contributed by atoms with E-state index in [0.717, 1.165) is 5.56 Å². The summed E-state index contributed by atoms with van der Waals surface area (Å²) in [7, 11) is 3.66. The van der Waals surface area contributed by atoms with Crippen LogP contribution in [-0.4, -0.2) is 24.8 Å². The van der Waals surface area contributed by atoms with Gasteiger partial charge < -0.3 is 0 Å². The van der Waals surface area contributed by atoms with Crippen molar-refractivity contribution in [2.24, 2.45) is 0 Å². The highest BCUT2D eigenvalue weighted by molar-refractivity contribution is 5.82. The summed E-state index contributed by atoms with van der Waals surface area (Å²) in [6.07, 6.45) is 0. The molecule has 0 aliphatic rings. The minimum atomic E-state index is -0.283. The summed E-state index contributed by atoms with van der Waals surface area (Å²) >= 11 is 0. The molecule has 1 rings (SSSR count). The van der Waals surface area contributed by atoms with Gasteiger partial charge in [-0.05, 0) is 38.7 Å². The molecule has 0 radical (unpaired) electrons. The van der Waals surface area contributed by atoms with Crippen LogP contribution in [0.25, 0.3) is 0 Å². The molecule has 1 aromatic rings. The van der Waals surface area contributed by atoms with Gasteiger partial charge in [-0.3, -0.25) is 9.69 Å². The van der Waals surface area contributed by atoms with Crippen molar-refractivity contribution in [3.8, 4) is 0 Å². The minimum Gasteiger partial charge on any atom is -0.298 e. The van der Waals surface area contributed by atoms with Gasteiger partial charge in [0.05, 0.1) is 6.04 Å². The molecule has 0 aliphatic heterocycles. The molecule has 0 aliphatic carbocycles. The Morgan fingerprint density at radius 2 is 1.79 bits per heavy atom. The molecule has 0 bridgehead atoms. The topological polar surface area (TPSA) is 20.3 Å². The zero-order valence-electron chi connectivity index (χ0n) is 8.62. The first-order valence-electron chi connectivity index (χ1n) is 4.44. The van der Waals surface area contributed by atoms with E-state index in [-0.39, 0.29) is 17.6 Å². The van der Waals surface area contributed by atoms with Crippen LogP contribution in [0.2, 0.25) is 0 Å². The monoisotopic (exact) mass is 195 g/mol. The van der Waals surface area contributed by atoms with Gasteiger partial charge in [0.15, 0.2) is 5.78 Å². The van der Waals surface area contributed by atoms with Gasteiger partial charge in [-0.25, -0.2) is 4.39 Å². The normalized spacial score (nSPS) is 12.9. The summed E-state index contributed by atoms with van der Waals surface area (Å²) < 4.78 is 12.7. The van der Waals surface area contributed by atoms with Crippen molar-refractivity contribution in [1.29, 1.82) is 0 Å². The number of halogens is 1. The fraction of sp³-hybridized carbons (Fsp3) is 0.364. The highest BCUT2D eigenvalue weighted by Crippen LogP contribution is 2.19. The number of likely N-dealkylation sites (N-methyl/N-ethyl adjacent to an activating group) is 1. The Kier molecular flexibility index (Phi) is 3.36. The lowest BCUT2D eigenvalue weighted by atomic mass is 10.0. The predicted octanol–water partition coefficient (Wildman–Crippen LogP) is 2.02. The number of carbonyl (C=O) groups excluding carboxylic acids is 1. The summed E-state index contributed by atoms with van der Waals surface area (Å²) in [5, 5.41) is 0. The van der Waals surface area contributed by atoms with Crippen molar-refractivity contribution in [2.45, 2.75) is 13.0 Å². The van der Waals surface area contributed by atoms with Gasteiger partial charge >= 0.3 is 0 Å². The van der Waals surface area contributed by atoms with Crippen molar-refractivity contribution >= 4 is 5.78 Å². The lowest BCUT2D eigenvalue weighted by Crippen LogP contribution is -2.25. The first-order valence-corrected chi connectivity index (χ1v) is 4.44. The number of carbonyl (C=O) groups is 1. The molecule has 0 N–H and O–H groups in total. The molecular weight excluding hydrogens is 181 g/mol. The maximum absolute atomic E-state index is 12.7. The van der Waals surface area contributed by atoms with Crippen LogP contribution in [0, 0.1) is 5.82 Å². The van der Waals surface area contributed by atoms with E-state index < -0.39 is 0 Å². The number of nitrogens with zero attached hydrogens (tertiary/aromatic N) is 1. The van der Waals surface area contributed by atoms with Crippen LogP contribution < -0.4 is 0 Å². The van der Waals surface area contributed by atoms with Crippen LogP contribution in [-0.2, 0) is 4.79 Å². The molecule has 3 heteroatoms. The smallest absolute Gasteiger partial charge is 0.151 e. The quantitative estimate of drug-likeness (QED) is 0.735. The number of hydrogen-bond acceptors (Lipinski definition) is 2. The zero-order chi connectivity index (χ0) is 10.7. The Bertz CT molecular complexity index is 319. The molecule has 1 aromatic carbocycles. The summed E-state index contributed by atoms with van der Waals surface area (Å²) in [6, 6.07) is 5.74. The minimum absolute atomic E-state index is 0.0570. The molecule has 1 unspecified atom stereocenters. The molecular formula is C11H14FNO. The molecule has 0 aromatic heterocycles. The number of benzene rings is 1. The third-order valence-electron chi connectivity index (χ3n) is 2.09. The van der Waals surface area contributed by atoms with Gasteiger partial charge in [0.25, 0.3) is 0 Å². The van der Waals surface area contributed by atoms with Crippen molar-refractivity contribution in [3.05, 3.63) is 35.6 Å². The fourth-order valence-corrected chi connectivity index (χ4v) is 1.54. The SMILES string of the molecule is CC(=O)C(c1ccc(F)cc1)N(C)C. The van der Waals surface area contributed by atoms with Gasteiger partial charge in [-0.15, -0.1) is 0 Å². The number of Topliss-reactive ketones (excluding diaryl/α,β-unsaturated/α-hetero) is 1. The zero-order valence-corrected chi connectivity index (χ0v) is 8.62. The van der Waals surface area contributed by atoms with E-state index in [0.29, 0.717) is 0 Å². The Morgan fingerprint density at radius 1 is 1.29 bits per heavy atom. The van der Waals surface area contributed by atoms with Gasteiger partial charge in [-0.1, -0.05) is 12.1 Å². The Hall–Kier alpha value is -1.22. The largest absolute Gasteiger partial charge is 0.298 e. The summed E-state index contributed by atoms with van der Waals surface area (Å²) in [5.41, 5.74) is 0.823. The van der Waals surface area contributed by atoms with E-state index in [1.165, 1.54) is 19.1 Å². The summed E-state index contributed by atoms with van der Waals surface area (Å²) in [6.45, 7) is 1.54. The molecule has 0 saturated heterocycles. The van der Waals surface area contributed by atoms with Crippen molar-refractivity contribution < 1.29 is 9.18 Å². The lowest BCUT2D eigenvalue weighted by Gasteiger charge is -2.21. The Balaban J connectivity index is 3.00. The Labute approximate surface area is 83.3 Å². The summed E-state index contributed by atoms with van der Waals surface area (Å²) in [5.74, 6) is -0.226. The highest BCUT2D eigenvalue weighted by Gasteiger charge is 2.18. The van der Waals surface area contributed by atoms with Gasteiger partial charge in [0.1, 0.15) is 5.82 Å². The Morgan fingerprint density at radius 3 is 2.14 bits per heavy atom. The van der Waals surface area contributed by atoms with Crippen LogP contribution in [0.3, 0.4) is 0 Å². The van der Waals surface area contributed by atoms with Crippen molar-refractivity contribution in [2.75, 3.05) is 14.1 Å². The van der Waals surface area contributed by atoms with E-state index in [1.807, 2.05) is 19.0 Å². The molecule has 2 nitrogen and oxygen atoms in total. The van der Waals surface area contributed by atoms with Crippen LogP contribution in [0.5, 0.6) is 0 Å². The lowest BCUT2D eigenvalue weighted by molar-refractivity contribution is -0.121. The van der Waals surface area contributed by atoms with Crippen LogP contribution in [0.15, 0.2) is 24.3 Å². The second-order valence-corrected chi connectivity index (χ2v) is 3.53. The van der Waals surface area contributed by atoms with E-state index >= 15 is 0 Å². The molecule has 14 heavy (non-hydrogen) atoms. The highest BCUT2D eigenvalue weighted by atomic mass is 19.1. The van der Waals surface area contributed by atoms with Crippen LogP contribution in [0.4, 0.5) is 4.39 Å². The van der Waals surface area contributed by atoms with E-state index in [4.69, 9.17) is 0 Å². The summed E-state index contributed by atoms with van der Waals surface area (Å²) in [4.78, 5) is 13.2. The third-order valence-corrected chi connectivity index (χ3v) is 2.09. The predicted molar refractivity (Wildman–Crippen MR) is 53.5 cm³/mol. The molecule has 1 atom stereocenters. The molecule has 0 spiro atoms. The molecule has 0 heterocycles. The van der Waals surface area contributed by atoms with E-state index in [9.17, 15) is 9.18 Å². The maximum Gasteiger partial charge on any atom is 0.151 e. The van der Waals surface area contributed by atoms with Gasteiger partial charge in [0.2, 0.25) is 0 Å². The molecule has 76 valence electrons. The van der Waals surface area contributed by atoms with Crippen molar-refractivity contribution in [3.63, 3.8) is 0 Å². The number of rotatable bonds is 3. The average Bonchev–Trinajstić information content (AvgIpc) is 2.07. The fourth-order valence-electron chi connectivity index (χ4n) is 1.54. The van der Waals surface area contributed by atoms with Crippen molar-refractivity contribution in [1.82, 2.24) is 4.90 Å².